The maximum absolute atomic E-state index is 12.9. The molecule has 0 bridgehead atoms. The number of nitrogens with zero attached hydrogens (tertiary/aromatic N) is 3. The fourth-order valence-corrected chi connectivity index (χ4v) is 2.87. The van der Waals surface area contributed by atoms with E-state index in [1.807, 2.05) is 0 Å². The lowest BCUT2D eigenvalue weighted by atomic mass is 10.1. The summed E-state index contributed by atoms with van der Waals surface area (Å²) in [6.07, 6.45) is -1.35. The molecular formula is C15H16Cl2F3N5O. The van der Waals surface area contributed by atoms with Crippen molar-refractivity contribution in [3.8, 4) is 0 Å². The molecule has 3 rings (SSSR count). The topological polar surface area (TPSA) is 71.8 Å². The van der Waals surface area contributed by atoms with Crippen molar-refractivity contribution in [1.29, 1.82) is 0 Å². The second-order valence-electron chi connectivity index (χ2n) is 5.71. The summed E-state index contributed by atoms with van der Waals surface area (Å²) < 4.78 is 40.2. The van der Waals surface area contributed by atoms with Crippen LogP contribution in [0.4, 0.5) is 18.9 Å². The number of hydrogen-bond donors (Lipinski definition) is 2. The van der Waals surface area contributed by atoms with E-state index < -0.39 is 22.7 Å². The van der Waals surface area contributed by atoms with Gasteiger partial charge in [0.25, 0.3) is 5.91 Å². The molecule has 11 heteroatoms. The number of nitrogens with one attached hydrogen (secondary N) is 2. The van der Waals surface area contributed by atoms with Crippen molar-refractivity contribution >= 4 is 35.6 Å². The highest BCUT2D eigenvalue weighted by atomic mass is 35.5. The molecule has 2 N–H and O–H groups in total. The summed E-state index contributed by atoms with van der Waals surface area (Å²) in [6.45, 7) is 1.72. The standard InChI is InChI=1S/C15H15ClF3N5O.ClH/c16-12-2-1-9(7-11(12)15(17,18)19)21-14(25)13-8-24(23-22-13)10-3-5-20-6-4-10;/h1-2,7-8,10,20H,3-6H2,(H,21,25);1H. The summed E-state index contributed by atoms with van der Waals surface area (Å²) in [5.41, 5.74) is -0.981. The van der Waals surface area contributed by atoms with Crippen LogP contribution in [0.1, 0.15) is 34.9 Å². The lowest BCUT2D eigenvalue weighted by Crippen LogP contribution is -2.29. The van der Waals surface area contributed by atoms with Gasteiger partial charge in [0.2, 0.25) is 0 Å². The Morgan fingerprint density at radius 2 is 2.00 bits per heavy atom. The van der Waals surface area contributed by atoms with Crippen LogP contribution in [-0.4, -0.2) is 34.0 Å². The third kappa shape index (κ3) is 4.66. The monoisotopic (exact) mass is 409 g/mol. The SMILES string of the molecule is Cl.O=C(Nc1ccc(Cl)c(C(F)(F)F)c1)c1cn(C2CCNCC2)nn1. The van der Waals surface area contributed by atoms with Crippen LogP contribution in [0.25, 0.3) is 0 Å². The zero-order valence-electron chi connectivity index (χ0n) is 13.4. The fraction of sp³-hybridized carbons (Fsp3) is 0.400. The van der Waals surface area contributed by atoms with Crippen LogP contribution < -0.4 is 10.6 Å². The van der Waals surface area contributed by atoms with E-state index in [1.54, 1.807) is 4.68 Å². The quantitative estimate of drug-likeness (QED) is 0.812. The first-order valence-electron chi connectivity index (χ1n) is 7.65. The van der Waals surface area contributed by atoms with Gasteiger partial charge < -0.3 is 10.6 Å². The first kappa shape index (κ1) is 20.5. The minimum atomic E-state index is -4.60. The molecule has 6 nitrogen and oxygen atoms in total. The van der Waals surface area contributed by atoms with Crippen molar-refractivity contribution in [1.82, 2.24) is 20.3 Å². The Balaban J connectivity index is 0.00000243. The largest absolute Gasteiger partial charge is 0.417 e. The van der Waals surface area contributed by atoms with Crippen LogP contribution in [-0.2, 0) is 6.18 Å². The number of aromatic nitrogens is 3. The summed E-state index contributed by atoms with van der Waals surface area (Å²) in [6, 6.07) is 3.33. The van der Waals surface area contributed by atoms with Crippen LogP contribution in [0, 0.1) is 0 Å². The molecule has 1 amide bonds. The molecule has 0 radical (unpaired) electrons. The summed E-state index contributed by atoms with van der Waals surface area (Å²) in [7, 11) is 0. The lowest BCUT2D eigenvalue weighted by molar-refractivity contribution is -0.137. The van der Waals surface area contributed by atoms with Crippen molar-refractivity contribution < 1.29 is 18.0 Å². The van der Waals surface area contributed by atoms with Crippen molar-refractivity contribution in [3.63, 3.8) is 0 Å². The highest BCUT2D eigenvalue weighted by Crippen LogP contribution is 2.36. The number of carbonyl (C=O) groups excluding carboxylic acids is 1. The Morgan fingerprint density at radius 3 is 2.65 bits per heavy atom. The zero-order valence-corrected chi connectivity index (χ0v) is 15.0. The minimum Gasteiger partial charge on any atom is -0.321 e. The number of anilines is 1. The van der Waals surface area contributed by atoms with Crippen LogP contribution in [0.15, 0.2) is 24.4 Å². The third-order valence-corrected chi connectivity index (χ3v) is 4.28. The van der Waals surface area contributed by atoms with Gasteiger partial charge in [0.1, 0.15) is 0 Å². The molecule has 0 saturated carbocycles. The Labute approximate surface area is 158 Å². The zero-order chi connectivity index (χ0) is 18.0. The van der Waals surface area contributed by atoms with Gasteiger partial charge in [-0.1, -0.05) is 16.8 Å². The molecule has 0 spiro atoms. The van der Waals surface area contributed by atoms with Gasteiger partial charge >= 0.3 is 6.18 Å². The molecule has 1 aliphatic heterocycles. The van der Waals surface area contributed by atoms with Gasteiger partial charge in [0.15, 0.2) is 5.69 Å². The van der Waals surface area contributed by atoms with E-state index in [1.165, 1.54) is 12.3 Å². The number of carbonyl (C=O) groups is 1. The number of piperidine rings is 1. The number of halogens is 5. The number of hydrogen-bond acceptors (Lipinski definition) is 4. The van der Waals surface area contributed by atoms with Crippen LogP contribution in [0.3, 0.4) is 0 Å². The van der Waals surface area contributed by atoms with Crippen molar-refractivity contribution in [3.05, 3.63) is 40.7 Å². The number of amides is 1. The molecule has 26 heavy (non-hydrogen) atoms. The van der Waals surface area contributed by atoms with Crippen LogP contribution in [0.2, 0.25) is 5.02 Å². The van der Waals surface area contributed by atoms with E-state index >= 15 is 0 Å². The van der Waals surface area contributed by atoms with E-state index in [4.69, 9.17) is 11.6 Å². The smallest absolute Gasteiger partial charge is 0.321 e. The second-order valence-corrected chi connectivity index (χ2v) is 6.12. The predicted octanol–water partition coefficient (Wildman–Crippen LogP) is 3.55. The Morgan fingerprint density at radius 1 is 1.31 bits per heavy atom. The van der Waals surface area contributed by atoms with Crippen LogP contribution in [0.5, 0.6) is 0 Å². The van der Waals surface area contributed by atoms with Crippen molar-refractivity contribution in [2.45, 2.75) is 25.1 Å². The highest BCUT2D eigenvalue weighted by molar-refractivity contribution is 6.31. The van der Waals surface area contributed by atoms with Gasteiger partial charge in [0, 0.05) is 5.69 Å². The molecule has 1 aromatic carbocycles. The van der Waals surface area contributed by atoms with Crippen molar-refractivity contribution in [2.75, 3.05) is 18.4 Å². The second kappa shape index (κ2) is 8.24. The number of rotatable bonds is 3. The van der Waals surface area contributed by atoms with Gasteiger partial charge in [-0.05, 0) is 44.1 Å². The van der Waals surface area contributed by atoms with Gasteiger partial charge in [-0.15, -0.1) is 17.5 Å². The van der Waals surface area contributed by atoms with Crippen LogP contribution >= 0.6 is 24.0 Å². The van der Waals surface area contributed by atoms with E-state index in [2.05, 4.69) is 20.9 Å². The van der Waals surface area contributed by atoms with Crippen molar-refractivity contribution in [2.24, 2.45) is 0 Å². The summed E-state index contributed by atoms with van der Waals surface area (Å²) in [5, 5.41) is 12.9. The first-order valence-corrected chi connectivity index (χ1v) is 8.03. The Kier molecular flexibility index (Phi) is 6.48. The van der Waals surface area contributed by atoms with Gasteiger partial charge in [-0.25, -0.2) is 4.68 Å². The molecule has 0 unspecified atom stereocenters. The molecular weight excluding hydrogens is 394 g/mol. The normalized spacial score (nSPS) is 15.4. The maximum Gasteiger partial charge on any atom is 0.417 e. The Hall–Kier alpha value is -1.84. The maximum atomic E-state index is 12.9. The molecule has 1 fully saturated rings. The highest BCUT2D eigenvalue weighted by Gasteiger charge is 2.33. The summed E-state index contributed by atoms with van der Waals surface area (Å²) >= 11 is 5.56. The van der Waals surface area contributed by atoms with E-state index in [0.717, 1.165) is 38.1 Å². The third-order valence-electron chi connectivity index (χ3n) is 3.96. The molecule has 2 aromatic rings. The molecule has 1 saturated heterocycles. The Bertz CT molecular complexity index is 775. The average Bonchev–Trinajstić information content (AvgIpc) is 3.06. The predicted molar refractivity (Wildman–Crippen MR) is 92.8 cm³/mol. The van der Waals surface area contributed by atoms with E-state index in [9.17, 15) is 18.0 Å². The lowest BCUT2D eigenvalue weighted by Gasteiger charge is -2.22. The molecule has 0 aliphatic carbocycles. The van der Waals surface area contributed by atoms with Gasteiger partial charge in [-0.2, -0.15) is 13.2 Å². The van der Waals surface area contributed by atoms with Gasteiger partial charge in [-0.3, -0.25) is 4.79 Å². The first-order chi connectivity index (χ1) is 11.8. The summed E-state index contributed by atoms with van der Waals surface area (Å²) in [4.78, 5) is 12.2. The average molecular weight is 410 g/mol. The molecule has 2 heterocycles. The van der Waals surface area contributed by atoms with Gasteiger partial charge in [0.05, 0.1) is 22.8 Å². The van der Waals surface area contributed by atoms with E-state index in [0.29, 0.717) is 0 Å². The molecule has 1 aliphatic rings. The number of benzene rings is 1. The number of alkyl halides is 3. The van der Waals surface area contributed by atoms with E-state index in [-0.39, 0.29) is 29.8 Å². The summed E-state index contributed by atoms with van der Waals surface area (Å²) in [5.74, 6) is -0.629. The molecule has 0 atom stereocenters. The fourth-order valence-electron chi connectivity index (χ4n) is 2.65. The molecule has 142 valence electrons. The molecule has 1 aromatic heterocycles. The minimum absolute atomic E-state index is 0.